The quantitative estimate of drug-likeness (QED) is 0.784. The molecule has 1 aliphatic rings. The van der Waals surface area contributed by atoms with Gasteiger partial charge in [0.15, 0.2) is 0 Å². The highest BCUT2D eigenvalue weighted by atomic mass is 16.4. The molecular weight excluding hydrogens is 274 g/mol. The van der Waals surface area contributed by atoms with E-state index in [0.717, 1.165) is 12.8 Å². The van der Waals surface area contributed by atoms with Crippen molar-refractivity contribution in [1.82, 2.24) is 15.1 Å². The molecule has 2 atom stereocenters. The molecule has 0 aromatic carbocycles. The Labute approximate surface area is 125 Å². The smallest absolute Gasteiger partial charge is 0.318 e. The summed E-state index contributed by atoms with van der Waals surface area (Å²) in [6.07, 6.45) is 3.04. The summed E-state index contributed by atoms with van der Waals surface area (Å²) in [5, 5.41) is 12.0. The van der Waals surface area contributed by atoms with Crippen LogP contribution in [0.2, 0.25) is 0 Å². The van der Waals surface area contributed by atoms with Gasteiger partial charge in [0.05, 0.1) is 5.92 Å². The molecule has 1 fully saturated rings. The number of hydrogen-bond donors (Lipinski definition) is 2. The van der Waals surface area contributed by atoms with Crippen molar-refractivity contribution in [3.05, 3.63) is 0 Å². The number of nitrogens with zero attached hydrogens (tertiary/aromatic N) is 2. The Morgan fingerprint density at radius 1 is 1.19 bits per heavy atom. The van der Waals surface area contributed by atoms with E-state index in [1.165, 1.54) is 9.80 Å². The Morgan fingerprint density at radius 2 is 1.81 bits per heavy atom. The van der Waals surface area contributed by atoms with Crippen molar-refractivity contribution < 1.29 is 19.5 Å². The summed E-state index contributed by atoms with van der Waals surface area (Å²) in [5.74, 6) is -1.57. The number of aliphatic carboxylic acids is 1. The average molecular weight is 299 g/mol. The van der Waals surface area contributed by atoms with Crippen LogP contribution in [0.5, 0.6) is 0 Å². The van der Waals surface area contributed by atoms with Gasteiger partial charge in [0.25, 0.3) is 0 Å². The minimum absolute atomic E-state index is 0.000207. The van der Waals surface area contributed by atoms with Crippen LogP contribution in [0.25, 0.3) is 0 Å². The number of carbonyl (C=O) groups is 3. The van der Waals surface area contributed by atoms with Crippen molar-refractivity contribution in [2.24, 2.45) is 5.92 Å². The Kier molecular flexibility index (Phi) is 6.45. The zero-order valence-corrected chi connectivity index (χ0v) is 13.0. The van der Waals surface area contributed by atoms with Gasteiger partial charge in [0, 0.05) is 26.7 Å². The van der Waals surface area contributed by atoms with Crippen LogP contribution in [0.15, 0.2) is 0 Å². The highest BCUT2D eigenvalue weighted by Crippen LogP contribution is 2.24. The number of amides is 3. The number of urea groups is 1. The standard InChI is InChI=1S/C14H25N3O4/c1-4-17(9-12(18)16(2)3)14(21)15-11-8-6-5-7-10(11)13(19)20/h10-11H,4-9H2,1-3H3,(H,15,21)(H,19,20). The summed E-state index contributed by atoms with van der Waals surface area (Å²) in [5.41, 5.74) is 0. The third-order valence-electron chi connectivity index (χ3n) is 3.89. The summed E-state index contributed by atoms with van der Waals surface area (Å²) in [4.78, 5) is 38.0. The first-order valence-corrected chi connectivity index (χ1v) is 7.35. The van der Waals surface area contributed by atoms with Gasteiger partial charge in [0.2, 0.25) is 5.91 Å². The number of hydrogen-bond acceptors (Lipinski definition) is 3. The first-order chi connectivity index (χ1) is 9.86. The van der Waals surface area contributed by atoms with Crippen LogP contribution in [0.3, 0.4) is 0 Å². The van der Waals surface area contributed by atoms with Gasteiger partial charge in [-0.15, -0.1) is 0 Å². The average Bonchev–Trinajstić information content (AvgIpc) is 2.44. The second-order valence-corrected chi connectivity index (χ2v) is 5.59. The van der Waals surface area contributed by atoms with Gasteiger partial charge < -0.3 is 20.2 Å². The normalized spacial score (nSPS) is 21.5. The Balaban J connectivity index is 2.63. The molecule has 1 saturated carbocycles. The van der Waals surface area contributed by atoms with E-state index in [1.54, 1.807) is 21.0 Å². The van der Waals surface area contributed by atoms with Crippen molar-refractivity contribution in [2.75, 3.05) is 27.2 Å². The monoisotopic (exact) mass is 299 g/mol. The summed E-state index contributed by atoms with van der Waals surface area (Å²) >= 11 is 0. The number of carboxylic acid groups (broad SMARTS) is 1. The Hall–Kier alpha value is -1.79. The van der Waals surface area contributed by atoms with Crippen LogP contribution >= 0.6 is 0 Å². The van der Waals surface area contributed by atoms with Gasteiger partial charge in [-0.1, -0.05) is 12.8 Å². The lowest BCUT2D eigenvalue weighted by atomic mass is 9.84. The predicted molar refractivity (Wildman–Crippen MR) is 77.9 cm³/mol. The molecule has 0 radical (unpaired) electrons. The van der Waals surface area contributed by atoms with Gasteiger partial charge in [-0.05, 0) is 19.8 Å². The molecule has 0 aromatic heterocycles. The van der Waals surface area contributed by atoms with E-state index in [1.807, 2.05) is 0 Å². The van der Waals surface area contributed by atoms with Crippen LogP contribution in [0.4, 0.5) is 4.79 Å². The topological polar surface area (TPSA) is 90.0 Å². The van der Waals surface area contributed by atoms with Crippen LogP contribution in [-0.2, 0) is 9.59 Å². The molecule has 2 N–H and O–H groups in total. The maximum Gasteiger partial charge on any atom is 0.318 e. The van der Waals surface area contributed by atoms with E-state index in [2.05, 4.69) is 5.32 Å². The molecular formula is C14H25N3O4. The molecule has 7 nitrogen and oxygen atoms in total. The summed E-state index contributed by atoms with van der Waals surface area (Å²) in [6.45, 7) is 2.19. The second kappa shape index (κ2) is 7.85. The number of nitrogens with one attached hydrogen (secondary N) is 1. The predicted octanol–water partition coefficient (Wildman–Crippen LogP) is 0.750. The Bertz CT molecular complexity index is 398. The lowest BCUT2D eigenvalue weighted by Crippen LogP contribution is -2.52. The molecule has 2 unspecified atom stereocenters. The van der Waals surface area contributed by atoms with Crippen molar-refractivity contribution in [2.45, 2.75) is 38.6 Å². The van der Waals surface area contributed by atoms with Crippen molar-refractivity contribution in [1.29, 1.82) is 0 Å². The summed E-state index contributed by atoms with van der Waals surface area (Å²) in [7, 11) is 3.27. The minimum Gasteiger partial charge on any atom is -0.481 e. The molecule has 0 spiro atoms. The maximum absolute atomic E-state index is 12.2. The van der Waals surface area contributed by atoms with E-state index in [0.29, 0.717) is 19.4 Å². The molecule has 21 heavy (non-hydrogen) atoms. The largest absolute Gasteiger partial charge is 0.481 e. The van der Waals surface area contributed by atoms with Crippen molar-refractivity contribution in [3.63, 3.8) is 0 Å². The van der Waals surface area contributed by atoms with Crippen molar-refractivity contribution in [3.8, 4) is 0 Å². The highest BCUT2D eigenvalue weighted by molar-refractivity contribution is 5.84. The van der Waals surface area contributed by atoms with Crippen molar-refractivity contribution >= 4 is 17.9 Å². The molecule has 120 valence electrons. The highest BCUT2D eigenvalue weighted by Gasteiger charge is 2.32. The fourth-order valence-corrected chi connectivity index (χ4v) is 2.48. The molecule has 1 aliphatic carbocycles. The summed E-state index contributed by atoms with van der Waals surface area (Å²) < 4.78 is 0. The third-order valence-corrected chi connectivity index (χ3v) is 3.89. The van der Waals surface area contributed by atoms with Gasteiger partial charge in [0.1, 0.15) is 6.54 Å². The van der Waals surface area contributed by atoms with E-state index in [-0.39, 0.29) is 24.5 Å². The lowest BCUT2D eigenvalue weighted by molar-refractivity contribution is -0.143. The SMILES string of the molecule is CCN(CC(=O)N(C)C)C(=O)NC1CCCCC1C(=O)O. The van der Waals surface area contributed by atoms with E-state index in [4.69, 9.17) is 0 Å². The fraction of sp³-hybridized carbons (Fsp3) is 0.786. The van der Waals surface area contributed by atoms with Gasteiger partial charge >= 0.3 is 12.0 Å². The van der Waals surface area contributed by atoms with Crippen LogP contribution in [0.1, 0.15) is 32.6 Å². The Morgan fingerprint density at radius 3 is 2.33 bits per heavy atom. The fourth-order valence-electron chi connectivity index (χ4n) is 2.48. The molecule has 1 rings (SSSR count). The maximum atomic E-state index is 12.2. The van der Waals surface area contributed by atoms with E-state index in [9.17, 15) is 19.5 Å². The third kappa shape index (κ3) is 4.91. The molecule has 0 aliphatic heterocycles. The number of carbonyl (C=O) groups excluding carboxylic acids is 2. The molecule has 3 amide bonds. The lowest BCUT2D eigenvalue weighted by Gasteiger charge is -2.31. The number of likely N-dealkylation sites (N-methyl/N-ethyl adjacent to an activating group) is 2. The van der Waals surface area contributed by atoms with Gasteiger partial charge in [-0.25, -0.2) is 4.79 Å². The van der Waals surface area contributed by atoms with Crippen LogP contribution < -0.4 is 5.32 Å². The molecule has 0 saturated heterocycles. The molecule has 0 heterocycles. The van der Waals surface area contributed by atoms with Crippen LogP contribution in [0, 0.1) is 5.92 Å². The first-order valence-electron chi connectivity index (χ1n) is 7.35. The van der Waals surface area contributed by atoms with Gasteiger partial charge in [-0.3, -0.25) is 9.59 Å². The van der Waals surface area contributed by atoms with Gasteiger partial charge in [-0.2, -0.15) is 0 Å². The number of rotatable bonds is 5. The van der Waals surface area contributed by atoms with E-state index < -0.39 is 11.9 Å². The molecule has 0 aromatic rings. The van der Waals surface area contributed by atoms with E-state index >= 15 is 0 Å². The number of carboxylic acids is 1. The minimum atomic E-state index is -0.868. The van der Waals surface area contributed by atoms with Crippen LogP contribution in [-0.4, -0.2) is 66.0 Å². The molecule has 0 bridgehead atoms. The second-order valence-electron chi connectivity index (χ2n) is 5.59. The summed E-state index contributed by atoms with van der Waals surface area (Å²) in [6, 6.07) is -0.724. The molecule has 7 heteroatoms. The zero-order chi connectivity index (χ0) is 16.0. The first kappa shape index (κ1) is 17.3. The zero-order valence-electron chi connectivity index (χ0n) is 13.0.